The highest BCUT2D eigenvalue weighted by Crippen LogP contribution is 2.22. The second-order valence-corrected chi connectivity index (χ2v) is 7.41. The zero-order valence-electron chi connectivity index (χ0n) is 15.0. The van der Waals surface area contributed by atoms with E-state index in [0.29, 0.717) is 13.0 Å². The lowest BCUT2D eigenvalue weighted by Crippen LogP contribution is -2.24. The molecule has 1 N–H and O–H groups in total. The number of hydrogen-bond donors (Lipinski definition) is 1. The minimum atomic E-state index is 0.0317. The lowest BCUT2D eigenvalue weighted by atomic mass is 9.87. The average molecular weight is 332 g/mol. The molecule has 1 aromatic heterocycles. The van der Waals surface area contributed by atoms with E-state index in [1.165, 1.54) is 5.56 Å². The van der Waals surface area contributed by atoms with Gasteiger partial charge in [0.05, 0.1) is 6.42 Å². The lowest BCUT2D eigenvalue weighted by Gasteiger charge is -2.19. The summed E-state index contributed by atoms with van der Waals surface area (Å²) in [6.07, 6.45) is 3.97. The molecule has 3 rings (SSSR count). The highest BCUT2D eigenvalue weighted by molar-refractivity contribution is 5.89. The third-order valence-electron chi connectivity index (χ3n) is 4.43. The van der Waals surface area contributed by atoms with Crippen molar-refractivity contribution < 1.29 is 4.79 Å². The van der Waals surface area contributed by atoms with E-state index in [-0.39, 0.29) is 11.3 Å². The maximum atomic E-state index is 12.3. The van der Waals surface area contributed by atoms with Gasteiger partial charge in [-0.2, -0.15) is 0 Å². The third-order valence-corrected chi connectivity index (χ3v) is 4.43. The van der Waals surface area contributed by atoms with E-state index in [1.54, 1.807) is 6.20 Å². The minimum Gasteiger partial charge on any atom is -0.352 e. The summed E-state index contributed by atoms with van der Waals surface area (Å²) in [5, 5.41) is 5.16. The van der Waals surface area contributed by atoms with Crippen LogP contribution in [-0.2, 0) is 23.2 Å². The molecule has 0 aliphatic carbocycles. The van der Waals surface area contributed by atoms with Crippen LogP contribution < -0.4 is 5.32 Å². The molecule has 0 saturated carbocycles. The Hall–Kier alpha value is -2.68. The molecule has 0 saturated heterocycles. The Morgan fingerprint density at radius 1 is 1.04 bits per heavy atom. The monoisotopic (exact) mass is 332 g/mol. The van der Waals surface area contributed by atoms with Crippen LogP contribution in [0.2, 0.25) is 0 Å². The molecular weight excluding hydrogens is 308 g/mol. The van der Waals surface area contributed by atoms with Crippen LogP contribution in [0.15, 0.2) is 60.9 Å². The predicted molar refractivity (Wildman–Crippen MR) is 102 cm³/mol. The summed E-state index contributed by atoms with van der Waals surface area (Å²) in [7, 11) is 0. The fourth-order valence-corrected chi connectivity index (χ4v) is 2.90. The van der Waals surface area contributed by atoms with Crippen molar-refractivity contribution in [2.75, 3.05) is 0 Å². The van der Waals surface area contributed by atoms with Gasteiger partial charge in [0.1, 0.15) is 0 Å². The second-order valence-electron chi connectivity index (χ2n) is 7.41. The number of rotatable bonds is 4. The Kier molecular flexibility index (Phi) is 4.84. The van der Waals surface area contributed by atoms with Crippen molar-refractivity contribution in [3.05, 3.63) is 77.6 Å². The number of carbonyl (C=O) groups is 1. The highest BCUT2D eigenvalue weighted by Gasteiger charge is 2.13. The Labute approximate surface area is 149 Å². The molecule has 0 aliphatic rings. The van der Waals surface area contributed by atoms with Crippen LogP contribution >= 0.6 is 0 Å². The molecule has 1 amide bonds. The zero-order valence-corrected chi connectivity index (χ0v) is 15.0. The van der Waals surface area contributed by atoms with E-state index in [9.17, 15) is 4.79 Å². The standard InChI is InChI=1S/C22H24N2O/c1-22(2,3)19-9-7-16(8-10-19)14-24-21(25)13-17-5-4-6-18-15-23-12-11-20(17)18/h4-12,15H,13-14H2,1-3H3,(H,24,25). The van der Waals surface area contributed by atoms with Crippen molar-refractivity contribution in [1.82, 2.24) is 10.3 Å². The number of pyridine rings is 1. The number of aromatic nitrogens is 1. The summed E-state index contributed by atoms with van der Waals surface area (Å²) < 4.78 is 0. The quantitative estimate of drug-likeness (QED) is 0.770. The van der Waals surface area contributed by atoms with E-state index in [0.717, 1.165) is 21.9 Å². The Morgan fingerprint density at radius 3 is 2.52 bits per heavy atom. The molecule has 0 fully saturated rings. The van der Waals surface area contributed by atoms with Gasteiger partial charge in [-0.05, 0) is 33.6 Å². The molecule has 3 nitrogen and oxygen atoms in total. The molecule has 0 radical (unpaired) electrons. The van der Waals surface area contributed by atoms with Crippen molar-refractivity contribution in [3.8, 4) is 0 Å². The Balaban J connectivity index is 1.63. The summed E-state index contributed by atoms with van der Waals surface area (Å²) in [4.78, 5) is 16.5. The Bertz CT molecular complexity index is 871. The lowest BCUT2D eigenvalue weighted by molar-refractivity contribution is -0.120. The van der Waals surface area contributed by atoms with Gasteiger partial charge in [-0.15, -0.1) is 0 Å². The van der Waals surface area contributed by atoms with Gasteiger partial charge in [0, 0.05) is 24.3 Å². The van der Waals surface area contributed by atoms with E-state index in [4.69, 9.17) is 0 Å². The van der Waals surface area contributed by atoms with Gasteiger partial charge >= 0.3 is 0 Å². The number of fused-ring (bicyclic) bond motifs is 1. The second kappa shape index (κ2) is 7.06. The van der Waals surface area contributed by atoms with Crippen molar-refractivity contribution in [2.24, 2.45) is 0 Å². The fraction of sp³-hybridized carbons (Fsp3) is 0.273. The SMILES string of the molecule is CC(C)(C)c1ccc(CNC(=O)Cc2cccc3cnccc23)cc1. The van der Waals surface area contributed by atoms with E-state index < -0.39 is 0 Å². The number of carbonyl (C=O) groups excluding carboxylic acids is 1. The van der Waals surface area contributed by atoms with Gasteiger partial charge in [-0.3, -0.25) is 9.78 Å². The predicted octanol–water partition coefficient (Wildman–Crippen LogP) is 4.39. The van der Waals surface area contributed by atoms with Crippen LogP contribution in [-0.4, -0.2) is 10.9 Å². The smallest absolute Gasteiger partial charge is 0.224 e. The number of hydrogen-bond acceptors (Lipinski definition) is 2. The van der Waals surface area contributed by atoms with Gasteiger partial charge in [-0.1, -0.05) is 63.2 Å². The topological polar surface area (TPSA) is 42.0 Å². The van der Waals surface area contributed by atoms with Crippen LogP contribution in [0, 0.1) is 0 Å². The summed E-state index contributed by atoms with van der Waals surface area (Å²) >= 11 is 0. The number of nitrogens with one attached hydrogen (secondary N) is 1. The first-order valence-corrected chi connectivity index (χ1v) is 8.61. The molecule has 0 spiro atoms. The van der Waals surface area contributed by atoms with Gasteiger partial charge < -0.3 is 5.32 Å². The molecule has 3 heteroatoms. The summed E-state index contributed by atoms with van der Waals surface area (Å²) in [5.41, 5.74) is 3.58. The molecule has 0 bridgehead atoms. The van der Waals surface area contributed by atoms with E-state index >= 15 is 0 Å². The van der Waals surface area contributed by atoms with Crippen molar-refractivity contribution in [1.29, 1.82) is 0 Å². The van der Waals surface area contributed by atoms with E-state index in [2.05, 4.69) is 55.3 Å². The number of nitrogens with zero attached hydrogens (tertiary/aromatic N) is 1. The average Bonchev–Trinajstić information content (AvgIpc) is 2.60. The maximum absolute atomic E-state index is 12.3. The molecule has 3 aromatic rings. The van der Waals surface area contributed by atoms with Gasteiger partial charge in [0.2, 0.25) is 5.91 Å². The van der Waals surface area contributed by atoms with Crippen LogP contribution in [0.4, 0.5) is 0 Å². The van der Waals surface area contributed by atoms with Gasteiger partial charge in [0.25, 0.3) is 0 Å². The summed E-state index contributed by atoms with van der Waals surface area (Å²) in [6.45, 7) is 7.14. The molecule has 25 heavy (non-hydrogen) atoms. The van der Waals surface area contributed by atoms with Crippen LogP contribution in [0.25, 0.3) is 10.8 Å². The number of benzene rings is 2. The highest BCUT2D eigenvalue weighted by atomic mass is 16.1. The number of amides is 1. The van der Waals surface area contributed by atoms with Crippen molar-refractivity contribution in [3.63, 3.8) is 0 Å². The van der Waals surface area contributed by atoms with Crippen LogP contribution in [0.1, 0.15) is 37.5 Å². The zero-order chi connectivity index (χ0) is 17.9. The summed E-state index contributed by atoms with van der Waals surface area (Å²) in [6, 6.07) is 16.4. The molecule has 0 unspecified atom stereocenters. The Morgan fingerprint density at radius 2 is 1.80 bits per heavy atom. The van der Waals surface area contributed by atoms with E-state index in [1.807, 2.05) is 30.5 Å². The maximum Gasteiger partial charge on any atom is 0.224 e. The van der Waals surface area contributed by atoms with Crippen molar-refractivity contribution >= 4 is 16.7 Å². The molecule has 1 heterocycles. The van der Waals surface area contributed by atoms with Crippen molar-refractivity contribution in [2.45, 2.75) is 39.2 Å². The third kappa shape index (κ3) is 4.24. The first-order valence-electron chi connectivity index (χ1n) is 8.61. The molecule has 0 aliphatic heterocycles. The first-order chi connectivity index (χ1) is 11.9. The molecule has 0 atom stereocenters. The van der Waals surface area contributed by atoms with Gasteiger partial charge in [-0.25, -0.2) is 0 Å². The largest absolute Gasteiger partial charge is 0.352 e. The van der Waals surface area contributed by atoms with Gasteiger partial charge in [0.15, 0.2) is 0 Å². The minimum absolute atomic E-state index is 0.0317. The summed E-state index contributed by atoms with van der Waals surface area (Å²) in [5.74, 6) is 0.0317. The molecule has 2 aromatic carbocycles. The normalized spacial score (nSPS) is 11.5. The van der Waals surface area contributed by atoms with Crippen LogP contribution in [0.5, 0.6) is 0 Å². The fourth-order valence-electron chi connectivity index (χ4n) is 2.90. The van der Waals surface area contributed by atoms with Crippen LogP contribution in [0.3, 0.4) is 0 Å². The first kappa shape index (κ1) is 17.2. The molecule has 128 valence electrons. The molecular formula is C22H24N2O.